The van der Waals surface area contributed by atoms with Crippen molar-refractivity contribution in [2.45, 2.75) is 13.3 Å². The van der Waals surface area contributed by atoms with Gasteiger partial charge in [0.15, 0.2) is 0 Å². The molecule has 0 aliphatic carbocycles. The molecule has 0 fully saturated rings. The number of carbonyl (C=O) groups is 1. The first-order valence-corrected chi connectivity index (χ1v) is 7.55. The van der Waals surface area contributed by atoms with Gasteiger partial charge in [-0.25, -0.2) is 9.97 Å². The lowest BCUT2D eigenvalue weighted by atomic mass is 10.3. The van der Waals surface area contributed by atoms with E-state index in [1.165, 1.54) is 0 Å². The molecule has 1 rings (SSSR count). The number of nitrogens with one attached hydrogen (secondary N) is 2. The number of amides is 1. The van der Waals surface area contributed by atoms with E-state index >= 15 is 0 Å². The molecule has 0 bridgehead atoms. The second-order valence-electron chi connectivity index (χ2n) is 5.83. The van der Waals surface area contributed by atoms with Gasteiger partial charge in [0.25, 0.3) is 5.91 Å². The van der Waals surface area contributed by atoms with Crippen LogP contribution in [0.2, 0.25) is 0 Å². The van der Waals surface area contributed by atoms with Crippen molar-refractivity contribution in [3.63, 3.8) is 0 Å². The molecule has 1 amide bonds. The zero-order valence-corrected chi connectivity index (χ0v) is 14.3. The van der Waals surface area contributed by atoms with E-state index < -0.39 is 0 Å². The summed E-state index contributed by atoms with van der Waals surface area (Å²) in [5.41, 5.74) is 0.407. The van der Waals surface area contributed by atoms with Crippen molar-refractivity contribution in [3.05, 3.63) is 17.6 Å². The Morgan fingerprint density at radius 2 is 1.77 bits per heavy atom. The minimum absolute atomic E-state index is 0.153. The Balaban J connectivity index is 2.54. The Morgan fingerprint density at radius 1 is 1.09 bits per heavy atom. The molecule has 0 atom stereocenters. The SMILES string of the molecule is Cc1nc(NCCN(C)C)cc(C(=O)NCCCN(C)C)n1. The highest BCUT2D eigenvalue weighted by atomic mass is 16.1. The summed E-state index contributed by atoms with van der Waals surface area (Å²) >= 11 is 0. The Morgan fingerprint density at radius 3 is 2.41 bits per heavy atom. The molecular weight excluding hydrogens is 280 g/mol. The van der Waals surface area contributed by atoms with Gasteiger partial charge in [0.05, 0.1) is 0 Å². The first-order chi connectivity index (χ1) is 10.4. The molecule has 7 nitrogen and oxygen atoms in total. The van der Waals surface area contributed by atoms with Crippen molar-refractivity contribution in [1.82, 2.24) is 25.1 Å². The van der Waals surface area contributed by atoms with Crippen molar-refractivity contribution in [3.8, 4) is 0 Å². The smallest absolute Gasteiger partial charge is 0.270 e. The molecule has 22 heavy (non-hydrogen) atoms. The van der Waals surface area contributed by atoms with Crippen molar-refractivity contribution >= 4 is 11.7 Å². The lowest BCUT2D eigenvalue weighted by molar-refractivity contribution is 0.0947. The van der Waals surface area contributed by atoms with Gasteiger partial charge in [0, 0.05) is 25.7 Å². The Bertz CT molecular complexity index is 475. The van der Waals surface area contributed by atoms with E-state index in [2.05, 4.69) is 30.4 Å². The fraction of sp³-hybridized carbons (Fsp3) is 0.667. The minimum Gasteiger partial charge on any atom is -0.369 e. The summed E-state index contributed by atoms with van der Waals surface area (Å²) in [4.78, 5) is 24.8. The minimum atomic E-state index is -0.153. The number of likely N-dealkylation sites (N-methyl/N-ethyl adjacent to an activating group) is 1. The van der Waals surface area contributed by atoms with Crippen LogP contribution in [0.4, 0.5) is 5.82 Å². The number of aromatic nitrogens is 2. The van der Waals surface area contributed by atoms with Crippen molar-refractivity contribution in [2.75, 3.05) is 59.7 Å². The van der Waals surface area contributed by atoms with E-state index in [-0.39, 0.29) is 5.91 Å². The Labute approximate surface area is 133 Å². The predicted octanol–water partition coefficient (Wildman–Crippen LogP) is 0.440. The molecule has 7 heteroatoms. The molecule has 0 aliphatic heterocycles. The molecule has 1 heterocycles. The fourth-order valence-electron chi connectivity index (χ4n) is 1.87. The molecule has 2 N–H and O–H groups in total. The summed E-state index contributed by atoms with van der Waals surface area (Å²) in [6.07, 6.45) is 0.913. The zero-order valence-electron chi connectivity index (χ0n) is 14.3. The number of aryl methyl sites for hydroxylation is 1. The van der Waals surface area contributed by atoms with Crippen LogP contribution in [-0.4, -0.2) is 80.0 Å². The molecule has 1 aromatic rings. The monoisotopic (exact) mass is 308 g/mol. The first-order valence-electron chi connectivity index (χ1n) is 7.55. The van der Waals surface area contributed by atoms with Crippen molar-refractivity contribution in [1.29, 1.82) is 0 Å². The first kappa shape index (κ1) is 18.3. The molecule has 0 unspecified atom stereocenters. The van der Waals surface area contributed by atoms with Gasteiger partial charge in [0.1, 0.15) is 17.3 Å². The van der Waals surface area contributed by atoms with E-state index in [1.54, 1.807) is 13.0 Å². The van der Waals surface area contributed by atoms with Crippen LogP contribution in [0.1, 0.15) is 22.7 Å². The Kier molecular flexibility index (Phi) is 7.76. The average Bonchev–Trinajstić information content (AvgIpc) is 2.42. The molecule has 0 spiro atoms. The van der Waals surface area contributed by atoms with Gasteiger partial charge in [-0.2, -0.15) is 0 Å². The number of carbonyl (C=O) groups excluding carboxylic acids is 1. The van der Waals surface area contributed by atoms with Gasteiger partial charge < -0.3 is 20.4 Å². The van der Waals surface area contributed by atoms with Crippen LogP contribution in [0.3, 0.4) is 0 Å². The maximum atomic E-state index is 12.1. The summed E-state index contributed by atoms with van der Waals surface area (Å²) in [6.45, 7) is 5.05. The van der Waals surface area contributed by atoms with Gasteiger partial charge in [0.2, 0.25) is 0 Å². The van der Waals surface area contributed by atoms with Crippen LogP contribution >= 0.6 is 0 Å². The average molecular weight is 308 g/mol. The second-order valence-corrected chi connectivity index (χ2v) is 5.83. The van der Waals surface area contributed by atoms with E-state index in [0.717, 1.165) is 26.1 Å². The zero-order chi connectivity index (χ0) is 16.5. The van der Waals surface area contributed by atoms with Crippen LogP contribution in [0.25, 0.3) is 0 Å². The molecule has 0 radical (unpaired) electrons. The van der Waals surface area contributed by atoms with Crippen LogP contribution in [0.5, 0.6) is 0 Å². The van der Waals surface area contributed by atoms with Crippen LogP contribution in [0.15, 0.2) is 6.07 Å². The normalized spacial score (nSPS) is 11.0. The summed E-state index contributed by atoms with van der Waals surface area (Å²) in [6, 6.07) is 1.70. The lowest BCUT2D eigenvalue weighted by Gasteiger charge is -2.12. The fourth-order valence-corrected chi connectivity index (χ4v) is 1.87. The highest BCUT2D eigenvalue weighted by molar-refractivity contribution is 5.92. The molecule has 0 saturated heterocycles. The maximum Gasteiger partial charge on any atom is 0.270 e. The molecular formula is C15H28N6O. The third kappa shape index (κ3) is 7.33. The van der Waals surface area contributed by atoms with E-state index in [1.807, 2.05) is 28.2 Å². The molecule has 124 valence electrons. The molecule has 0 aliphatic rings. The van der Waals surface area contributed by atoms with Gasteiger partial charge in [-0.15, -0.1) is 0 Å². The number of anilines is 1. The third-order valence-electron chi connectivity index (χ3n) is 3.00. The van der Waals surface area contributed by atoms with Crippen LogP contribution in [0, 0.1) is 6.92 Å². The van der Waals surface area contributed by atoms with E-state index in [0.29, 0.717) is 23.9 Å². The standard InChI is InChI=1S/C15H28N6O/c1-12-18-13(15(22)17-7-6-9-20(2)3)11-14(19-12)16-8-10-21(4)5/h11H,6-10H2,1-5H3,(H,17,22)(H,16,18,19). The summed E-state index contributed by atoms with van der Waals surface area (Å²) in [7, 11) is 8.06. The van der Waals surface area contributed by atoms with Gasteiger partial charge in [-0.1, -0.05) is 0 Å². The molecule has 1 aromatic heterocycles. The van der Waals surface area contributed by atoms with E-state index in [4.69, 9.17) is 0 Å². The number of nitrogens with zero attached hydrogens (tertiary/aromatic N) is 4. The van der Waals surface area contributed by atoms with Crippen molar-refractivity contribution < 1.29 is 4.79 Å². The topological polar surface area (TPSA) is 73.4 Å². The highest BCUT2D eigenvalue weighted by Crippen LogP contribution is 2.06. The quantitative estimate of drug-likeness (QED) is 0.645. The third-order valence-corrected chi connectivity index (χ3v) is 3.00. The number of rotatable bonds is 9. The van der Waals surface area contributed by atoms with Crippen LogP contribution < -0.4 is 10.6 Å². The number of hydrogen-bond acceptors (Lipinski definition) is 6. The molecule has 0 aromatic carbocycles. The Hall–Kier alpha value is -1.73. The summed E-state index contributed by atoms with van der Waals surface area (Å²) < 4.78 is 0. The van der Waals surface area contributed by atoms with Crippen LogP contribution in [-0.2, 0) is 0 Å². The largest absolute Gasteiger partial charge is 0.369 e. The maximum absolute atomic E-state index is 12.1. The summed E-state index contributed by atoms with van der Waals surface area (Å²) in [5.74, 6) is 1.13. The highest BCUT2D eigenvalue weighted by Gasteiger charge is 2.10. The van der Waals surface area contributed by atoms with Gasteiger partial charge in [-0.3, -0.25) is 4.79 Å². The second kappa shape index (κ2) is 9.32. The van der Waals surface area contributed by atoms with Crippen molar-refractivity contribution in [2.24, 2.45) is 0 Å². The lowest BCUT2D eigenvalue weighted by Crippen LogP contribution is -2.28. The number of hydrogen-bond donors (Lipinski definition) is 2. The van der Waals surface area contributed by atoms with Gasteiger partial charge >= 0.3 is 0 Å². The predicted molar refractivity (Wildman–Crippen MR) is 89.3 cm³/mol. The molecule has 0 saturated carbocycles. The van der Waals surface area contributed by atoms with Gasteiger partial charge in [-0.05, 0) is 48.1 Å². The van der Waals surface area contributed by atoms with E-state index in [9.17, 15) is 4.79 Å². The summed E-state index contributed by atoms with van der Waals surface area (Å²) in [5, 5.41) is 6.11.